The second kappa shape index (κ2) is 5.99. The fourth-order valence-corrected chi connectivity index (χ4v) is 2.71. The SMILES string of the molecule is Cc1cc(Nc2ccc(N3CCCCC3)cc2)nc(N)n1. The molecule has 1 aliphatic rings. The summed E-state index contributed by atoms with van der Waals surface area (Å²) in [6.07, 6.45) is 3.93. The highest BCUT2D eigenvalue weighted by Gasteiger charge is 2.10. The lowest BCUT2D eigenvalue weighted by Crippen LogP contribution is -2.29. The Balaban J connectivity index is 1.71. The Morgan fingerprint density at radius 3 is 2.43 bits per heavy atom. The molecule has 0 aliphatic carbocycles. The molecule has 0 spiro atoms. The van der Waals surface area contributed by atoms with Crippen molar-refractivity contribution in [3.63, 3.8) is 0 Å². The Labute approximate surface area is 125 Å². The topological polar surface area (TPSA) is 67.1 Å². The van der Waals surface area contributed by atoms with E-state index in [9.17, 15) is 0 Å². The summed E-state index contributed by atoms with van der Waals surface area (Å²) < 4.78 is 0. The Hall–Kier alpha value is -2.30. The average Bonchev–Trinajstić information content (AvgIpc) is 2.48. The lowest BCUT2D eigenvalue weighted by Gasteiger charge is -2.28. The van der Waals surface area contributed by atoms with Crippen LogP contribution in [-0.2, 0) is 0 Å². The van der Waals surface area contributed by atoms with Crippen molar-refractivity contribution in [2.24, 2.45) is 0 Å². The van der Waals surface area contributed by atoms with E-state index in [1.54, 1.807) is 0 Å². The van der Waals surface area contributed by atoms with Gasteiger partial charge in [0.15, 0.2) is 0 Å². The summed E-state index contributed by atoms with van der Waals surface area (Å²) in [5.41, 5.74) is 8.82. The molecular formula is C16H21N5. The van der Waals surface area contributed by atoms with Crippen LogP contribution in [-0.4, -0.2) is 23.1 Å². The van der Waals surface area contributed by atoms with Crippen LogP contribution < -0.4 is 16.0 Å². The van der Waals surface area contributed by atoms with Crippen LogP contribution in [0, 0.1) is 6.92 Å². The summed E-state index contributed by atoms with van der Waals surface area (Å²) in [5, 5.41) is 3.27. The van der Waals surface area contributed by atoms with E-state index in [-0.39, 0.29) is 0 Å². The van der Waals surface area contributed by atoms with Crippen molar-refractivity contribution in [3.05, 3.63) is 36.0 Å². The van der Waals surface area contributed by atoms with E-state index in [2.05, 4.69) is 44.5 Å². The molecule has 1 aromatic carbocycles. The molecule has 1 aliphatic heterocycles. The maximum atomic E-state index is 5.67. The molecule has 2 aromatic rings. The molecule has 0 atom stereocenters. The lowest BCUT2D eigenvalue weighted by atomic mass is 10.1. The number of hydrogen-bond donors (Lipinski definition) is 2. The first-order valence-electron chi connectivity index (χ1n) is 7.44. The molecule has 0 radical (unpaired) electrons. The number of nitrogen functional groups attached to an aromatic ring is 1. The Morgan fingerprint density at radius 2 is 1.76 bits per heavy atom. The molecule has 5 nitrogen and oxygen atoms in total. The number of aromatic nitrogens is 2. The Bertz CT molecular complexity index is 582. The predicted molar refractivity (Wildman–Crippen MR) is 87.0 cm³/mol. The van der Waals surface area contributed by atoms with E-state index in [4.69, 9.17) is 5.73 Å². The molecule has 2 heterocycles. The number of nitrogens with two attached hydrogens (primary N) is 1. The molecule has 0 amide bonds. The number of rotatable bonds is 3. The molecule has 0 unspecified atom stereocenters. The first-order valence-corrected chi connectivity index (χ1v) is 7.44. The standard InChI is InChI=1S/C16H21N5/c1-12-11-15(20-16(17)18-12)19-13-5-7-14(8-6-13)21-9-3-2-4-10-21/h5-8,11H,2-4,9-10H2,1H3,(H3,17,18,19,20). The van der Waals surface area contributed by atoms with Gasteiger partial charge in [0.25, 0.3) is 0 Å². The molecule has 110 valence electrons. The van der Waals surface area contributed by atoms with Crippen LogP contribution in [0.4, 0.5) is 23.1 Å². The maximum absolute atomic E-state index is 5.67. The van der Waals surface area contributed by atoms with Crippen molar-refractivity contribution in [2.75, 3.05) is 29.0 Å². The van der Waals surface area contributed by atoms with Gasteiger partial charge in [0, 0.05) is 36.2 Å². The van der Waals surface area contributed by atoms with E-state index < -0.39 is 0 Å². The highest BCUT2D eigenvalue weighted by atomic mass is 15.1. The molecule has 0 bridgehead atoms. The highest BCUT2D eigenvalue weighted by molar-refractivity contribution is 5.61. The van der Waals surface area contributed by atoms with Gasteiger partial charge in [-0.3, -0.25) is 0 Å². The zero-order valence-corrected chi connectivity index (χ0v) is 12.3. The van der Waals surface area contributed by atoms with Gasteiger partial charge >= 0.3 is 0 Å². The monoisotopic (exact) mass is 283 g/mol. The van der Waals surface area contributed by atoms with Crippen LogP contribution in [0.5, 0.6) is 0 Å². The number of piperidine rings is 1. The third-order valence-corrected chi connectivity index (χ3v) is 3.73. The smallest absolute Gasteiger partial charge is 0.222 e. The van der Waals surface area contributed by atoms with Gasteiger partial charge in [0.2, 0.25) is 5.95 Å². The Morgan fingerprint density at radius 1 is 1.05 bits per heavy atom. The summed E-state index contributed by atoms with van der Waals surface area (Å²) in [5.74, 6) is 1.02. The number of hydrogen-bond acceptors (Lipinski definition) is 5. The summed E-state index contributed by atoms with van der Waals surface area (Å²) in [4.78, 5) is 10.7. The van der Waals surface area contributed by atoms with Crippen molar-refractivity contribution in [2.45, 2.75) is 26.2 Å². The lowest BCUT2D eigenvalue weighted by molar-refractivity contribution is 0.578. The zero-order chi connectivity index (χ0) is 14.7. The molecule has 5 heteroatoms. The number of benzene rings is 1. The molecule has 1 saturated heterocycles. The van der Waals surface area contributed by atoms with E-state index in [0.717, 1.165) is 30.3 Å². The quantitative estimate of drug-likeness (QED) is 0.906. The molecule has 0 saturated carbocycles. The van der Waals surface area contributed by atoms with E-state index in [1.807, 2.05) is 13.0 Å². The highest BCUT2D eigenvalue weighted by Crippen LogP contribution is 2.23. The number of anilines is 4. The van der Waals surface area contributed by atoms with Gasteiger partial charge in [0.05, 0.1) is 0 Å². The van der Waals surface area contributed by atoms with Gasteiger partial charge in [-0.2, -0.15) is 4.98 Å². The first kappa shape index (κ1) is 13.7. The minimum Gasteiger partial charge on any atom is -0.372 e. The summed E-state index contributed by atoms with van der Waals surface area (Å²) in [7, 11) is 0. The van der Waals surface area contributed by atoms with Crippen LogP contribution >= 0.6 is 0 Å². The van der Waals surface area contributed by atoms with Crippen molar-refractivity contribution >= 4 is 23.1 Å². The zero-order valence-electron chi connectivity index (χ0n) is 12.3. The maximum Gasteiger partial charge on any atom is 0.222 e. The van der Waals surface area contributed by atoms with Crippen LogP contribution in [0.3, 0.4) is 0 Å². The summed E-state index contributed by atoms with van der Waals surface area (Å²) >= 11 is 0. The number of nitrogens with zero attached hydrogens (tertiary/aromatic N) is 3. The number of nitrogens with one attached hydrogen (secondary N) is 1. The van der Waals surface area contributed by atoms with Crippen molar-refractivity contribution < 1.29 is 0 Å². The van der Waals surface area contributed by atoms with Gasteiger partial charge in [-0.1, -0.05) is 0 Å². The van der Waals surface area contributed by atoms with Gasteiger partial charge in [-0.15, -0.1) is 0 Å². The summed E-state index contributed by atoms with van der Waals surface area (Å²) in [6.45, 7) is 4.23. The number of aryl methyl sites for hydroxylation is 1. The molecule has 3 rings (SSSR count). The molecule has 1 fully saturated rings. The molecular weight excluding hydrogens is 262 g/mol. The Kier molecular flexibility index (Phi) is 3.90. The predicted octanol–water partition coefficient (Wildman–Crippen LogP) is 3.10. The first-order chi connectivity index (χ1) is 10.2. The van der Waals surface area contributed by atoms with Crippen LogP contribution in [0.25, 0.3) is 0 Å². The van der Waals surface area contributed by atoms with Gasteiger partial charge < -0.3 is 16.0 Å². The normalized spacial score (nSPS) is 15.0. The van der Waals surface area contributed by atoms with Gasteiger partial charge in [-0.25, -0.2) is 4.98 Å². The van der Waals surface area contributed by atoms with Crippen LogP contribution in [0.15, 0.2) is 30.3 Å². The molecule has 3 N–H and O–H groups in total. The van der Waals surface area contributed by atoms with Gasteiger partial charge in [-0.05, 0) is 50.5 Å². The van der Waals surface area contributed by atoms with Crippen molar-refractivity contribution in [1.29, 1.82) is 0 Å². The third kappa shape index (κ3) is 3.42. The van der Waals surface area contributed by atoms with E-state index >= 15 is 0 Å². The second-order valence-electron chi connectivity index (χ2n) is 5.47. The molecule has 21 heavy (non-hydrogen) atoms. The van der Waals surface area contributed by atoms with Crippen molar-refractivity contribution in [1.82, 2.24) is 9.97 Å². The second-order valence-corrected chi connectivity index (χ2v) is 5.47. The van der Waals surface area contributed by atoms with Crippen LogP contribution in [0.1, 0.15) is 25.0 Å². The third-order valence-electron chi connectivity index (χ3n) is 3.73. The summed E-state index contributed by atoms with van der Waals surface area (Å²) in [6, 6.07) is 10.4. The minimum absolute atomic E-state index is 0.294. The van der Waals surface area contributed by atoms with Crippen LogP contribution in [0.2, 0.25) is 0 Å². The van der Waals surface area contributed by atoms with Crippen molar-refractivity contribution in [3.8, 4) is 0 Å². The largest absolute Gasteiger partial charge is 0.372 e. The average molecular weight is 283 g/mol. The fourth-order valence-electron chi connectivity index (χ4n) is 2.71. The molecule has 1 aromatic heterocycles. The van der Waals surface area contributed by atoms with E-state index in [0.29, 0.717) is 5.95 Å². The van der Waals surface area contributed by atoms with E-state index in [1.165, 1.54) is 24.9 Å². The van der Waals surface area contributed by atoms with Gasteiger partial charge in [0.1, 0.15) is 5.82 Å². The fraction of sp³-hybridized carbons (Fsp3) is 0.375. The minimum atomic E-state index is 0.294.